The van der Waals surface area contributed by atoms with E-state index in [9.17, 15) is 0 Å². The molecule has 1 N–H and O–H groups in total. The summed E-state index contributed by atoms with van der Waals surface area (Å²) in [5.74, 6) is 0. The van der Waals surface area contributed by atoms with Crippen molar-refractivity contribution >= 4 is 34.9 Å². The van der Waals surface area contributed by atoms with Gasteiger partial charge in [0.15, 0.2) is 0 Å². The second kappa shape index (κ2) is 3.13. The molecule has 0 bridgehead atoms. The third kappa shape index (κ3) is 1.33. The van der Waals surface area contributed by atoms with Crippen molar-refractivity contribution in [3.05, 3.63) is 36.5 Å². The molecule has 58 valence electrons. The maximum Gasteiger partial charge on any atom is 0.0865 e. The van der Waals surface area contributed by atoms with Crippen LogP contribution in [0.15, 0.2) is 36.5 Å². The van der Waals surface area contributed by atoms with Crippen molar-refractivity contribution in [1.82, 2.24) is 4.73 Å². The number of aromatic nitrogens is 1. The van der Waals surface area contributed by atoms with Gasteiger partial charge < -0.3 is 5.21 Å². The van der Waals surface area contributed by atoms with Crippen LogP contribution >= 0.6 is 24.0 Å². The van der Waals surface area contributed by atoms with Gasteiger partial charge in [-0.3, -0.25) is 0 Å². The largest absolute Gasteiger partial charge is 0.428 e. The summed E-state index contributed by atoms with van der Waals surface area (Å²) in [5.41, 5.74) is 0.850. The van der Waals surface area contributed by atoms with E-state index >= 15 is 0 Å². The van der Waals surface area contributed by atoms with E-state index < -0.39 is 0 Å². The highest BCUT2D eigenvalue weighted by molar-refractivity contribution is 14.0. The number of fused-ring (bicyclic) bond motifs is 1. The van der Waals surface area contributed by atoms with Crippen LogP contribution in [0.2, 0.25) is 0 Å². The molecular formula is C8H8INO. The number of hydrogen-bond acceptors (Lipinski definition) is 1. The summed E-state index contributed by atoms with van der Waals surface area (Å²) in [7, 11) is 0. The average Bonchev–Trinajstić information content (AvgIpc) is 2.34. The first kappa shape index (κ1) is 8.39. The standard InChI is InChI=1S/C8H7NO.HI/c10-9-6-5-7-3-1-2-4-8(7)9;/h1-6,10H;1H. The van der Waals surface area contributed by atoms with Crippen molar-refractivity contribution in [3.63, 3.8) is 0 Å². The normalized spacial score (nSPS) is 9.45. The number of halogens is 1. The van der Waals surface area contributed by atoms with Gasteiger partial charge in [-0.1, -0.05) is 18.2 Å². The molecule has 0 aliphatic carbocycles. The van der Waals surface area contributed by atoms with Crippen LogP contribution < -0.4 is 0 Å². The first-order valence-corrected chi connectivity index (χ1v) is 3.13. The molecule has 0 saturated carbocycles. The Bertz CT molecular complexity index is 356. The molecule has 2 aromatic rings. The van der Waals surface area contributed by atoms with Gasteiger partial charge in [-0.2, -0.15) is 4.73 Å². The van der Waals surface area contributed by atoms with Gasteiger partial charge in [-0.25, -0.2) is 0 Å². The lowest BCUT2D eigenvalue weighted by atomic mass is 10.3. The molecular weight excluding hydrogens is 253 g/mol. The van der Waals surface area contributed by atoms with Crippen molar-refractivity contribution in [2.75, 3.05) is 0 Å². The number of rotatable bonds is 0. The summed E-state index contributed by atoms with van der Waals surface area (Å²) in [6, 6.07) is 9.55. The molecule has 0 spiro atoms. The Morgan fingerprint density at radius 2 is 1.82 bits per heavy atom. The van der Waals surface area contributed by atoms with Crippen LogP contribution in [-0.2, 0) is 0 Å². The summed E-state index contributed by atoms with van der Waals surface area (Å²) in [6.45, 7) is 0. The van der Waals surface area contributed by atoms with Crippen LogP contribution in [0.25, 0.3) is 10.9 Å². The van der Waals surface area contributed by atoms with Gasteiger partial charge in [0.25, 0.3) is 0 Å². The van der Waals surface area contributed by atoms with Gasteiger partial charge in [0, 0.05) is 11.6 Å². The topological polar surface area (TPSA) is 25.2 Å². The molecule has 0 fully saturated rings. The summed E-state index contributed by atoms with van der Waals surface area (Å²) in [5, 5.41) is 10.2. The minimum absolute atomic E-state index is 0. The van der Waals surface area contributed by atoms with Crippen LogP contribution in [0.3, 0.4) is 0 Å². The fourth-order valence-electron chi connectivity index (χ4n) is 1.07. The Hall–Kier alpha value is -0.710. The molecule has 0 unspecified atom stereocenters. The highest BCUT2D eigenvalue weighted by atomic mass is 127. The zero-order valence-electron chi connectivity index (χ0n) is 5.77. The quantitative estimate of drug-likeness (QED) is 0.572. The van der Waals surface area contributed by atoms with E-state index in [4.69, 9.17) is 5.21 Å². The van der Waals surface area contributed by atoms with Crippen molar-refractivity contribution in [2.45, 2.75) is 0 Å². The molecule has 2 rings (SSSR count). The lowest BCUT2D eigenvalue weighted by Crippen LogP contribution is -1.83. The summed E-state index contributed by atoms with van der Waals surface area (Å²) in [6.07, 6.45) is 1.63. The lowest BCUT2D eigenvalue weighted by Gasteiger charge is -1.91. The third-order valence-corrected chi connectivity index (χ3v) is 1.58. The molecule has 0 atom stereocenters. The van der Waals surface area contributed by atoms with Crippen molar-refractivity contribution < 1.29 is 5.21 Å². The fourth-order valence-corrected chi connectivity index (χ4v) is 1.07. The molecule has 1 aromatic heterocycles. The third-order valence-electron chi connectivity index (χ3n) is 1.58. The monoisotopic (exact) mass is 261 g/mol. The second-order valence-electron chi connectivity index (χ2n) is 2.22. The van der Waals surface area contributed by atoms with Gasteiger partial charge in [0.2, 0.25) is 0 Å². The van der Waals surface area contributed by atoms with E-state index in [1.165, 1.54) is 0 Å². The van der Waals surface area contributed by atoms with Gasteiger partial charge in [0.05, 0.1) is 5.52 Å². The van der Waals surface area contributed by atoms with E-state index in [-0.39, 0.29) is 24.0 Å². The molecule has 2 nitrogen and oxygen atoms in total. The Morgan fingerprint density at radius 1 is 1.09 bits per heavy atom. The van der Waals surface area contributed by atoms with Crippen LogP contribution in [0, 0.1) is 0 Å². The Kier molecular flexibility index (Phi) is 2.38. The predicted octanol–water partition coefficient (Wildman–Crippen LogP) is 2.50. The number of para-hydroxylation sites is 1. The summed E-state index contributed by atoms with van der Waals surface area (Å²) in [4.78, 5) is 0. The number of hydrogen-bond donors (Lipinski definition) is 1. The summed E-state index contributed by atoms with van der Waals surface area (Å²) >= 11 is 0. The zero-order valence-corrected chi connectivity index (χ0v) is 8.10. The molecule has 0 radical (unpaired) electrons. The van der Waals surface area contributed by atoms with E-state index in [1.54, 1.807) is 6.20 Å². The maximum absolute atomic E-state index is 9.13. The first-order valence-electron chi connectivity index (χ1n) is 3.13. The highest BCUT2D eigenvalue weighted by Gasteiger charge is 1.94. The fraction of sp³-hybridized carbons (Fsp3) is 0. The zero-order chi connectivity index (χ0) is 6.97. The first-order chi connectivity index (χ1) is 4.88. The van der Waals surface area contributed by atoms with Crippen molar-refractivity contribution in [2.24, 2.45) is 0 Å². The van der Waals surface area contributed by atoms with Gasteiger partial charge in [-0.05, 0) is 12.1 Å². The van der Waals surface area contributed by atoms with Crippen molar-refractivity contribution in [3.8, 4) is 0 Å². The van der Waals surface area contributed by atoms with Gasteiger partial charge in [0.1, 0.15) is 0 Å². The van der Waals surface area contributed by atoms with Crippen LogP contribution in [0.5, 0.6) is 0 Å². The SMILES string of the molecule is I.On1ccc2ccccc21. The van der Waals surface area contributed by atoms with Gasteiger partial charge in [-0.15, -0.1) is 24.0 Å². The van der Waals surface area contributed by atoms with E-state index in [0.717, 1.165) is 15.6 Å². The molecule has 11 heavy (non-hydrogen) atoms. The van der Waals surface area contributed by atoms with Crippen LogP contribution in [0.4, 0.5) is 0 Å². The minimum atomic E-state index is 0. The van der Waals surface area contributed by atoms with E-state index in [0.29, 0.717) is 0 Å². The Balaban J connectivity index is 0.000000605. The predicted molar refractivity (Wildman–Crippen MR) is 54.5 cm³/mol. The minimum Gasteiger partial charge on any atom is -0.428 e. The molecule has 1 aromatic carbocycles. The molecule has 0 aliphatic rings. The van der Waals surface area contributed by atoms with Crippen molar-refractivity contribution in [1.29, 1.82) is 0 Å². The Morgan fingerprint density at radius 3 is 2.55 bits per heavy atom. The molecule has 1 heterocycles. The van der Waals surface area contributed by atoms with Crippen LogP contribution in [-0.4, -0.2) is 9.94 Å². The second-order valence-corrected chi connectivity index (χ2v) is 2.22. The molecule has 0 aliphatic heterocycles. The molecule has 0 amide bonds. The van der Waals surface area contributed by atoms with Gasteiger partial charge >= 0.3 is 0 Å². The smallest absolute Gasteiger partial charge is 0.0865 e. The maximum atomic E-state index is 9.13. The van der Waals surface area contributed by atoms with E-state index in [1.807, 2.05) is 30.3 Å². The summed E-state index contributed by atoms with van der Waals surface area (Å²) < 4.78 is 1.12. The van der Waals surface area contributed by atoms with E-state index in [2.05, 4.69) is 0 Å². The average molecular weight is 261 g/mol. The highest BCUT2D eigenvalue weighted by Crippen LogP contribution is 2.12. The molecule has 3 heteroatoms. The van der Waals surface area contributed by atoms with Crippen LogP contribution in [0.1, 0.15) is 0 Å². The number of nitrogens with zero attached hydrogens (tertiary/aromatic N) is 1. The number of benzene rings is 1. The Labute approximate surface area is 81.4 Å². The lowest BCUT2D eigenvalue weighted by molar-refractivity contribution is 0.200. The molecule has 0 saturated heterocycles.